The monoisotopic (exact) mass is 457 g/mol. The third-order valence-corrected chi connectivity index (χ3v) is 5.62. The number of nitrogens with zero attached hydrogens (tertiary/aromatic N) is 1. The number of rotatable bonds is 10. The number of unbranched alkanes of at least 4 members (excludes halogenated alkanes) is 1. The predicted molar refractivity (Wildman–Crippen MR) is 121 cm³/mol. The maximum Gasteiger partial charge on any atom is 0.491 e. The number of amides is 2. The summed E-state index contributed by atoms with van der Waals surface area (Å²) in [4.78, 5) is 25.9. The van der Waals surface area contributed by atoms with E-state index >= 15 is 0 Å². The van der Waals surface area contributed by atoms with E-state index in [1.165, 1.54) is 17.0 Å². The molecule has 9 nitrogen and oxygen atoms in total. The molecule has 0 radical (unpaired) electrons. The molecular weight excluding hydrogens is 431 g/mol. The quantitative estimate of drug-likeness (QED) is 0.211. The van der Waals surface area contributed by atoms with Crippen molar-refractivity contribution in [2.75, 3.05) is 6.54 Å². The van der Waals surface area contributed by atoms with Crippen LogP contribution in [0.3, 0.4) is 0 Å². The van der Waals surface area contributed by atoms with Crippen molar-refractivity contribution in [3.8, 4) is 0 Å². The van der Waals surface area contributed by atoms with Gasteiger partial charge in [-0.3, -0.25) is 9.59 Å². The van der Waals surface area contributed by atoms with Gasteiger partial charge in [0.1, 0.15) is 5.82 Å². The van der Waals surface area contributed by atoms with Crippen molar-refractivity contribution in [3.63, 3.8) is 0 Å². The Hall–Kier alpha value is -2.76. The number of halogens is 1. The molecule has 174 valence electrons. The maximum absolute atomic E-state index is 14.2. The largest absolute Gasteiger partial charge is 0.491 e. The van der Waals surface area contributed by atoms with E-state index in [4.69, 9.17) is 16.1 Å². The van der Waals surface area contributed by atoms with Gasteiger partial charge in [-0.25, -0.2) is 4.39 Å². The summed E-state index contributed by atoms with van der Waals surface area (Å²) in [5, 5.41) is 28.4. The molecule has 2 aromatic rings. The SMILES string of the molecule is NC(=O)[C@@H](N)CCCCN(Cc1ccc(B(O)O)c(F)c1)C(=O)c1ccc2c(c1)B(O)OC2. The molecule has 33 heavy (non-hydrogen) atoms. The van der Waals surface area contributed by atoms with Gasteiger partial charge in [0.15, 0.2) is 0 Å². The molecule has 0 aromatic heterocycles. The summed E-state index contributed by atoms with van der Waals surface area (Å²) >= 11 is 0. The lowest BCUT2D eigenvalue weighted by molar-refractivity contribution is -0.119. The second kappa shape index (κ2) is 10.9. The fourth-order valence-corrected chi connectivity index (χ4v) is 3.69. The summed E-state index contributed by atoms with van der Waals surface area (Å²) in [7, 11) is -3.03. The standard InChI is InChI=1S/C21H26B2FN3O6/c24-18-9-13(4-7-16(18)22(30)31)11-27(8-2-1-3-19(25)20(26)28)21(29)14-5-6-15-12-33-23(32)17(15)10-14/h4-7,9-10,19,30-32H,1-3,8,11-12,25H2,(H2,26,28)/t19-/m0/s1. The van der Waals surface area contributed by atoms with Crippen molar-refractivity contribution in [3.05, 3.63) is 58.9 Å². The lowest BCUT2D eigenvalue weighted by Crippen LogP contribution is -2.37. The van der Waals surface area contributed by atoms with Crippen LogP contribution < -0.4 is 22.4 Å². The van der Waals surface area contributed by atoms with Crippen molar-refractivity contribution >= 4 is 37.0 Å². The smallest absolute Gasteiger partial charge is 0.423 e. The van der Waals surface area contributed by atoms with Gasteiger partial charge in [0.25, 0.3) is 5.91 Å². The van der Waals surface area contributed by atoms with Gasteiger partial charge in [0, 0.05) is 24.1 Å². The zero-order valence-electron chi connectivity index (χ0n) is 18.0. The summed E-state index contributed by atoms with van der Waals surface area (Å²) in [5.74, 6) is -1.72. The van der Waals surface area contributed by atoms with Gasteiger partial charge >= 0.3 is 14.2 Å². The second-order valence-electron chi connectivity index (χ2n) is 8.04. The lowest BCUT2D eigenvalue weighted by Gasteiger charge is -2.24. The van der Waals surface area contributed by atoms with Gasteiger partial charge in [0.2, 0.25) is 5.91 Å². The fourth-order valence-electron chi connectivity index (χ4n) is 3.69. The number of nitrogens with two attached hydrogens (primary N) is 2. The number of benzene rings is 2. The second-order valence-corrected chi connectivity index (χ2v) is 8.04. The number of hydrogen-bond donors (Lipinski definition) is 5. The van der Waals surface area contributed by atoms with Gasteiger partial charge in [0.05, 0.1) is 12.6 Å². The first kappa shape index (κ1) is 24.9. The van der Waals surface area contributed by atoms with E-state index in [0.717, 1.165) is 11.6 Å². The van der Waals surface area contributed by atoms with E-state index in [2.05, 4.69) is 0 Å². The third kappa shape index (κ3) is 6.18. The van der Waals surface area contributed by atoms with Gasteiger partial charge in [-0.05, 0) is 54.1 Å². The molecule has 1 heterocycles. The number of fused-ring (bicyclic) bond motifs is 1. The third-order valence-electron chi connectivity index (χ3n) is 5.62. The molecule has 12 heteroatoms. The summed E-state index contributed by atoms with van der Waals surface area (Å²) in [5.41, 5.74) is 12.7. The maximum atomic E-state index is 14.2. The Morgan fingerprint density at radius 1 is 1.21 bits per heavy atom. The van der Waals surface area contributed by atoms with Crippen LogP contribution in [0.1, 0.15) is 40.7 Å². The molecule has 0 spiro atoms. The van der Waals surface area contributed by atoms with E-state index in [0.29, 0.717) is 42.4 Å². The average Bonchev–Trinajstić information content (AvgIpc) is 3.15. The van der Waals surface area contributed by atoms with Gasteiger partial charge in [-0.1, -0.05) is 18.2 Å². The Kier molecular flexibility index (Phi) is 8.22. The Labute approximate surface area is 191 Å². The van der Waals surface area contributed by atoms with Crippen molar-refractivity contribution < 1.29 is 33.7 Å². The minimum Gasteiger partial charge on any atom is -0.423 e. The fraction of sp³-hybridized carbons (Fsp3) is 0.333. The van der Waals surface area contributed by atoms with Crippen LogP contribution >= 0.6 is 0 Å². The zero-order valence-corrected chi connectivity index (χ0v) is 18.0. The number of primary amides is 1. The van der Waals surface area contributed by atoms with Crippen molar-refractivity contribution in [2.24, 2.45) is 11.5 Å². The number of carbonyl (C=O) groups is 2. The zero-order chi connectivity index (χ0) is 24.1. The van der Waals surface area contributed by atoms with Crippen LogP contribution in [0.15, 0.2) is 36.4 Å². The molecular formula is C21H26B2FN3O6. The lowest BCUT2D eigenvalue weighted by atomic mass is 9.78. The number of carbonyl (C=O) groups excluding carboxylic acids is 2. The highest BCUT2D eigenvalue weighted by atomic mass is 19.1. The first-order chi connectivity index (χ1) is 15.7. The Balaban J connectivity index is 1.77. The van der Waals surface area contributed by atoms with Crippen LogP contribution in [0, 0.1) is 5.82 Å². The van der Waals surface area contributed by atoms with Gasteiger partial charge in [-0.15, -0.1) is 0 Å². The van der Waals surface area contributed by atoms with Crippen LogP contribution in [0.2, 0.25) is 0 Å². The molecule has 0 aliphatic carbocycles. The molecule has 0 bridgehead atoms. The van der Waals surface area contributed by atoms with E-state index in [-0.39, 0.29) is 24.5 Å². The van der Waals surface area contributed by atoms with E-state index in [1.54, 1.807) is 18.2 Å². The Morgan fingerprint density at radius 2 is 1.97 bits per heavy atom. The molecule has 1 atom stereocenters. The molecule has 1 aliphatic heterocycles. The van der Waals surface area contributed by atoms with Crippen molar-refractivity contribution in [1.82, 2.24) is 4.90 Å². The van der Waals surface area contributed by atoms with Crippen molar-refractivity contribution in [1.29, 1.82) is 0 Å². The van der Waals surface area contributed by atoms with Crippen LogP contribution in [0.5, 0.6) is 0 Å². The van der Waals surface area contributed by atoms with Gasteiger partial charge in [-0.2, -0.15) is 0 Å². The molecule has 1 aliphatic rings. The summed E-state index contributed by atoms with van der Waals surface area (Å²) in [6.45, 7) is 0.624. The molecule has 0 fully saturated rings. The minimum atomic E-state index is -1.94. The molecule has 3 rings (SSSR count). The van der Waals surface area contributed by atoms with Gasteiger partial charge < -0.3 is 36.1 Å². The van der Waals surface area contributed by atoms with E-state index < -0.39 is 32.0 Å². The highest BCUT2D eigenvalue weighted by Gasteiger charge is 2.29. The molecule has 0 saturated carbocycles. The molecule has 2 aromatic carbocycles. The van der Waals surface area contributed by atoms with Crippen LogP contribution in [-0.4, -0.2) is 58.6 Å². The first-order valence-corrected chi connectivity index (χ1v) is 10.6. The Morgan fingerprint density at radius 3 is 2.64 bits per heavy atom. The first-order valence-electron chi connectivity index (χ1n) is 10.6. The molecule has 7 N–H and O–H groups in total. The topological polar surface area (TPSA) is 159 Å². The van der Waals surface area contributed by atoms with E-state index in [9.17, 15) is 29.1 Å². The van der Waals surface area contributed by atoms with Crippen LogP contribution in [-0.2, 0) is 22.6 Å². The Bertz CT molecular complexity index is 1030. The molecule has 0 saturated heterocycles. The molecule has 2 amide bonds. The molecule has 0 unspecified atom stereocenters. The summed E-state index contributed by atoms with van der Waals surface area (Å²) in [6.07, 6.45) is 1.45. The van der Waals surface area contributed by atoms with Crippen LogP contribution in [0.25, 0.3) is 0 Å². The average molecular weight is 457 g/mol. The summed E-state index contributed by atoms with van der Waals surface area (Å²) < 4.78 is 19.4. The van der Waals surface area contributed by atoms with Crippen LogP contribution in [0.4, 0.5) is 4.39 Å². The normalized spacial score (nSPS) is 13.5. The highest BCUT2D eigenvalue weighted by molar-refractivity contribution is 6.61. The summed E-state index contributed by atoms with van der Waals surface area (Å²) in [6, 6.07) is 8.10. The van der Waals surface area contributed by atoms with Crippen molar-refractivity contribution in [2.45, 2.75) is 38.5 Å². The van der Waals surface area contributed by atoms with E-state index in [1.807, 2.05) is 0 Å². The highest BCUT2D eigenvalue weighted by Crippen LogP contribution is 2.16. The number of hydrogen-bond acceptors (Lipinski definition) is 7. The minimum absolute atomic E-state index is 0.0650. The predicted octanol–water partition coefficient (Wildman–Crippen LogP) is -1.65.